The number of likely N-dealkylation sites (tertiary alicyclic amines) is 1. The molecule has 0 bridgehead atoms. The molecule has 1 aromatic rings. The second kappa shape index (κ2) is 9.68. The fourth-order valence-electron chi connectivity index (χ4n) is 4.95. The quantitative estimate of drug-likeness (QED) is 0.710. The lowest BCUT2D eigenvalue weighted by Crippen LogP contribution is -2.58. The molecule has 0 aromatic heterocycles. The molecule has 3 saturated heterocycles. The Morgan fingerprint density at radius 3 is 2.61 bits per heavy atom. The number of ether oxygens (including phenoxy) is 1. The molecule has 0 spiro atoms. The van der Waals surface area contributed by atoms with Gasteiger partial charge in [0.1, 0.15) is 5.75 Å². The first-order valence-corrected chi connectivity index (χ1v) is 11.3. The van der Waals surface area contributed by atoms with Crippen molar-refractivity contribution in [2.24, 2.45) is 0 Å². The number of piperidine rings is 1. The van der Waals surface area contributed by atoms with Crippen LogP contribution in [0.25, 0.3) is 0 Å². The summed E-state index contributed by atoms with van der Waals surface area (Å²) in [5.74, 6) is 0.786. The molecule has 3 aliphatic heterocycles. The summed E-state index contributed by atoms with van der Waals surface area (Å²) in [6.45, 7) is 2.92. The molecule has 31 heavy (non-hydrogen) atoms. The van der Waals surface area contributed by atoms with Gasteiger partial charge in [-0.2, -0.15) is 0 Å². The minimum absolute atomic E-state index is 0.0137. The predicted molar refractivity (Wildman–Crippen MR) is 116 cm³/mol. The molecule has 0 saturated carbocycles. The van der Waals surface area contributed by atoms with E-state index in [1.165, 1.54) is 6.42 Å². The maximum atomic E-state index is 12.6. The van der Waals surface area contributed by atoms with Crippen LogP contribution in [-0.2, 0) is 9.59 Å². The highest BCUT2D eigenvalue weighted by Crippen LogP contribution is 2.26. The van der Waals surface area contributed by atoms with E-state index in [2.05, 4.69) is 15.5 Å². The molecule has 3 atom stereocenters. The summed E-state index contributed by atoms with van der Waals surface area (Å²) in [4.78, 5) is 41.8. The molecule has 4 rings (SSSR count). The lowest BCUT2D eigenvalue weighted by atomic mass is 10.0. The van der Waals surface area contributed by atoms with Crippen molar-refractivity contribution in [1.29, 1.82) is 0 Å². The van der Waals surface area contributed by atoms with Gasteiger partial charge in [-0.3, -0.25) is 19.3 Å². The lowest BCUT2D eigenvalue weighted by molar-refractivity contribution is -0.133. The number of nitrogens with one attached hydrogen (secondary N) is 2. The molecule has 168 valence electrons. The zero-order valence-corrected chi connectivity index (χ0v) is 18.1. The number of carbonyl (C=O) groups is 3. The van der Waals surface area contributed by atoms with Crippen LogP contribution >= 0.6 is 0 Å². The minimum atomic E-state index is -0.245. The van der Waals surface area contributed by atoms with Gasteiger partial charge in [0.2, 0.25) is 11.8 Å². The number of hydrogen-bond donors (Lipinski definition) is 2. The Morgan fingerprint density at radius 2 is 1.90 bits per heavy atom. The van der Waals surface area contributed by atoms with Crippen LogP contribution in [0.2, 0.25) is 0 Å². The molecule has 8 nitrogen and oxygen atoms in total. The third-order valence-electron chi connectivity index (χ3n) is 6.71. The number of carbonyl (C=O) groups excluding carboxylic acids is 3. The van der Waals surface area contributed by atoms with E-state index >= 15 is 0 Å². The van der Waals surface area contributed by atoms with Gasteiger partial charge in [-0.15, -0.1) is 0 Å². The van der Waals surface area contributed by atoms with Gasteiger partial charge in [0.05, 0.1) is 13.2 Å². The Bertz CT molecular complexity index is 806. The van der Waals surface area contributed by atoms with E-state index in [-0.39, 0.29) is 35.8 Å². The molecule has 3 aliphatic rings. The van der Waals surface area contributed by atoms with Crippen molar-refractivity contribution in [3.05, 3.63) is 29.8 Å². The first-order valence-electron chi connectivity index (χ1n) is 11.3. The van der Waals surface area contributed by atoms with Crippen LogP contribution in [0.4, 0.5) is 0 Å². The Morgan fingerprint density at radius 1 is 1.16 bits per heavy atom. The van der Waals surface area contributed by atoms with Gasteiger partial charge in [-0.25, -0.2) is 0 Å². The lowest BCUT2D eigenvalue weighted by Gasteiger charge is -2.37. The summed E-state index contributed by atoms with van der Waals surface area (Å²) in [6.07, 6.45) is 5.21. The molecule has 3 heterocycles. The van der Waals surface area contributed by atoms with E-state index in [0.29, 0.717) is 37.2 Å². The summed E-state index contributed by atoms with van der Waals surface area (Å²) < 4.78 is 5.14. The Labute approximate surface area is 183 Å². The fourth-order valence-corrected chi connectivity index (χ4v) is 4.95. The molecule has 3 unspecified atom stereocenters. The van der Waals surface area contributed by atoms with Crippen LogP contribution in [0.3, 0.4) is 0 Å². The molecular weight excluding hydrogens is 396 g/mol. The third kappa shape index (κ3) is 5.01. The average Bonchev–Trinajstić information content (AvgIpc) is 3.23. The molecule has 1 aromatic carbocycles. The van der Waals surface area contributed by atoms with Gasteiger partial charge in [0, 0.05) is 50.2 Å². The monoisotopic (exact) mass is 428 g/mol. The maximum absolute atomic E-state index is 12.6. The second-order valence-electron chi connectivity index (χ2n) is 8.73. The average molecular weight is 429 g/mol. The smallest absolute Gasteiger partial charge is 0.251 e. The highest BCUT2D eigenvalue weighted by molar-refractivity contribution is 5.94. The van der Waals surface area contributed by atoms with Gasteiger partial charge < -0.3 is 20.3 Å². The zero-order chi connectivity index (χ0) is 21.8. The molecule has 8 heteroatoms. The number of piperazine rings is 1. The third-order valence-corrected chi connectivity index (χ3v) is 6.71. The number of benzene rings is 1. The number of fused-ring (bicyclic) bond motifs is 1. The molecule has 2 N–H and O–H groups in total. The van der Waals surface area contributed by atoms with Gasteiger partial charge in [0.25, 0.3) is 5.91 Å². The van der Waals surface area contributed by atoms with Crippen molar-refractivity contribution in [1.82, 2.24) is 20.4 Å². The van der Waals surface area contributed by atoms with Crippen LogP contribution in [0.15, 0.2) is 24.3 Å². The summed E-state index contributed by atoms with van der Waals surface area (Å²) >= 11 is 0. The topological polar surface area (TPSA) is 91.0 Å². The minimum Gasteiger partial charge on any atom is -0.497 e. The van der Waals surface area contributed by atoms with Gasteiger partial charge in [-0.1, -0.05) is 0 Å². The van der Waals surface area contributed by atoms with Crippen molar-refractivity contribution >= 4 is 17.7 Å². The highest BCUT2D eigenvalue weighted by atomic mass is 16.5. The maximum Gasteiger partial charge on any atom is 0.251 e. The summed E-state index contributed by atoms with van der Waals surface area (Å²) in [5.41, 5.74) is 0.568. The normalized spacial score (nSPS) is 26.2. The summed E-state index contributed by atoms with van der Waals surface area (Å²) in [7, 11) is 1.59. The van der Waals surface area contributed by atoms with Crippen molar-refractivity contribution in [3.63, 3.8) is 0 Å². The largest absolute Gasteiger partial charge is 0.497 e. The standard InChI is InChI=1S/C23H32N4O4/c1-31-19-8-5-16(6-9-19)22(29)25-17-13-20-23(30)24-14-18(27(20)15-17)7-10-21(28)26-11-3-2-4-12-26/h5-6,8-9,17-18,20H,2-4,7,10-15H2,1H3,(H,24,30)(H,25,29). The highest BCUT2D eigenvalue weighted by Gasteiger charge is 2.43. The number of methoxy groups -OCH3 is 1. The van der Waals surface area contributed by atoms with Crippen LogP contribution in [0.5, 0.6) is 5.75 Å². The number of rotatable bonds is 6. The Kier molecular flexibility index (Phi) is 6.75. The van der Waals surface area contributed by atoms with E-state index in [1.54, 1.807) is 31.4 Å². The first kappa shape index (κ1) is 21.6. The van der Waals surface area contributed by atoms with Gasteiger partial charge >= 0.3 is 0 Å². The van der Waals surface area contributed by atoms with Crippen LogP contribution < -0.4 is 15.4 Å². The number of hydrogen-bond acceptors (Lipinski definition) is 5. The fraction of sp³-hybridized carbons (Fsp3) is 0.609. The van der Waals surface area contributed by atoms with Crippen LogP contribution in [0.1, 0.15) is 48.9 Å². The Hall–Kier alpha value is -2.61. The predicted octanol–water partition coefficient (Wildman–Crippen LogP) is 1.16. The second-order valence-corrected chi connectivity index (χ2v) is 8.73. The van der Waals surface area contributed by atoms with Crippen molar-refractivity contribution in [2.75, 3.05) is 33.3 Å². The van der Waals surface area contributed by atoms with E-state index in [0.717, 1.165) is 32.4 Å². The number of amides is 3. The SMILES string of the molecule is COc1ccc(C(=O)NC2CC3C(=O)NCC(CCC(=O)N4CCCCC4)N3C2)cc1. The molecule has 3 fully saturated rings. The van der Waals surface area contributed by atoms with Crippen LogP contribution in [0, 0.1) is 0 Å². The molecule has 0 aliphatic carbocycles. The summed E-state index contributed by atoms with van der Waals surface area (Å²) in [6, 6.07) is 6.77. The van der Waals surface area contributed by atoms with Gasteiger partial charge in [0.15, 0.2) is 0 Å². The summed E-state index contributed by atoms with van der Waals surface area (Å²) in [5, 5.41) is 6.06. The molecule has 0 radical (unpaired) electrons. The zero-order valence-electron chi connectivity index (χ0n) is 18.1. The van der Waals surface area contributed by atoms with E-state index in [4.69, 9.17) is 4.74 Å². The van der Waals surface area contributed by atoms with Crippen molar-refractivity contribution < 1.29 is 19.1 Å². The van der Waals surface area contributed by atoms with Crippen molar-refractivity contribution in [2.45, 2.75) is 56.7 Å². The first-order chi connectivity index (χ1) is 15.0. The molecule has 3 amide bonds. The molecular formula is C23H32N4O4. The Balaban J connectivity index is 1.33. The van der Waals surface area contributed by atoms with E-state index < -0.39 is 0 Å². The number of nitrogens with zero attached hydrogens (tertiary/aromatic N) is 2. The van der Waals surface area contributed by atoms with E-state index in [1.807, 2.05) is 4.90 Å². The van der Waals surface area contributed by atoms with E-state index in [9.17, 15) is 14.4 Å². The van der Waals surface area contributed by atoms with Gasteiger partial charge in [-0.05, 0) is 56.4 Å². The van der Waals surface area contributed by atoms with Crippen LogP contribution in [-0.4, -0.2) is 78.9 Å². The van der Waals surface area contributed by atoms with Crippen molar-refractivity contribution in [3.8, 4) is 5.75 Å².